The summed E-state index contributed by atoms with van der Waals surface area (Å²) in [5.74, 6) is 1.88. The van der Waals surface area contributed by atoms with Crippen LogP contribution in [0.4, 0.5) is 18.9 Å². The van der Waals surface area contributed by atoms with E-state index in [1.165, 1.54) is 12.1 Å². The summed E-state index contributed by atoms with van der Waals surface area (Å²) in [7, 11) is 2.02. The van der Waals surface area contributed by atoms with Gasteiger partial charge in [-0.15, -0.1) is 10.2 Å². The average Bonchev–Trinajstić information content (AvgIpc) is 3.28. The van der Waals surface area contributed by atoms with Crippen LogP contribution >= 0.6 is 11.8 Å². The van der Waals surface area contributed by atoms with Crippen molar-refractivity contribution in [1.82, 2.24) is 19.7 Å². The normalized spacial score (nSPS) is 18.4. The van der Waals surface area contributed by atoms with E-state index in [2.05, 4.69) is 19.7 Å². The number of halogens is 3. The van der Waals surface area contributed by atoms with Crippen LogP contribution in [0.1, 0.15) is 37.7 Å². The van der Waals surface area contributed by atoms with Gasteiger partial charge in [0.05, 0.1) is 5.56 Å². The molecule has 2 aromatic carbocycles. The number of hydrogen-bond donors (Lipinski definition) is 0. The quantitative estimate of drug-likeness (QED) is 0.263. The third-order valence-electron chi connectivity index (χ3n) is 8.01. The molecule has 0 aliphatic carbocycles. The van der Waals surface area contributed by atoms with Crippen LogP contribution in [0.5, 0.6) is 0 Å². The molecule has 198 valence electrons. The van der Waals surface area contributed by atoms with Crippen LogP contribution in [-0.2, 0) is 13.2 Å². The van der Waals surface area contributed by atoms with Crippen molar-refractivity contribution in [3.8, 4) is 11.4 Å². The average molecular weight is 530 g/mol. The molecule has 0 unspecified atom stereocenters. The Balaban J connectivity index is 1.06. The van der Waals surface area contributed by atoms with E-state index in [0.717, 1.165) is 74.0 Å². The topological polar surface area (TPSA) is 37.2 Å². The van der Waals surface area contributed by atoms with Gasteiger partial charge in [-0.1, -0.05) is 54.2 Å². The van der Waals surface area contributed by atoms with E-state index >= 15 is 0 Å². The van der Waals surface area contributed by atoms with Crippen LogP contribution in [0.25, 0.3) is 11.4 Å². The van der Waals surface area contributed by atoms with Gasteiger partial charge in [0, 0.05) is 37.1 Å². The Morgan fingerprint density at radius 1 is 0.865 bits per heavy atom. The molecule has 37 heavy (non-hydrogen) atoms. The van der Waals surface area contributed by atoms with E-state index in [9.17, 15) is 13.2 Å². The fourth-order valence-corrected chi connectivity index (χ4v) is 6.53. The summed E-state index contributed by atoms with van der Waals surface area (Å²) in [5.41, 5.74) is 1.17. The Bertz CT molecular complexity index is 1160. The van der Waals surface area contributed by atoms with Crippen molar-refractivity contribution in [3.05, 3.63) is 60.2 Å². The van der Waals surface area contributed by atoms with Crippen molar-refractivity contribution < 1.29 is 13.2 Å². The zero-order valence-corrected chi connectivity index (χ0v) is 22.1. The maximum absolute atomic E-state index is 13.5. The van der Waals surface area contributed by atoms with Crippen molar-refractivity contribution in [2.45, 2.75) is 43.4 Å². The summed E-state index contributed by atoms with van der Waals surface area (Å²) < 4.78 is 42.5. The Labute approximate surface area is 221 Å². The molecule has 1 aromatic heterocycles. The molecule has 2 saturated heterocycles. The predicted molar refractivity (Wildman–Crippen MR) is 143 cm³/mol. The number of benzene rings is 2. The first-order valence-corrected chi connectivity index (χ1v) is 14.0. The minimum atomic E-state index is -4.31. The van der Waals surface area contributed by atoms with Crippen LogP contribution in [0.2, 0.25) is 0 Å². The molecule has 1 spiro atoms. The summed E-state index contributed by atoms with van der Waals surface area (Å²) >= 11 is 1.75. The number of rotatable bonds is 7. The van der Waals surface area contributed by atoms with E-state index in [1.54, 1.807) is 23.9 Å². The van der Waals surface area contributed by atoms with E-state index in [1.807, 2.05) is 42.3 Å². The zero-order chi connectivity index (χ0) is 25.9. The van der Waals surface area contributed by atoms with Gasteiger partial charge in [0.1, 0.15) is 0 Å². The van der Waals surface area contributed by atoms with Gasteiger partial charge in [0.15, 0.2) is 11.0 Å². The zero-order valence-electron chi connectivity index (χ0n) is 21.3. The minimum absolute atomic E-state index is 0.279. The van der Waals surface area contributed by atoms with Crippen molar-refractivity contribution >= 4 is 17.4 Å². The first-order chi connectivity index (χ1) is 17.8. The largest absolute Gasteiger partial charge is 0.418 e. The number of hydrogen-bond acceptors (Lipinski definition) is 5. The molecule has 0 bridgehead atoms. The smallest absolute Gasteiger partial charge is 0.371 e. The second-order valence-electron chi connectivity index (χ2n) is 10.3. The monoisotopic (exact) mass is 529 g/mol. The highest BCUT2D eigenvalue weighted by molar-refractivity contribution is 7.99. The lowest BCUT2D eigenvalue weighted by Gasteiger charge is -2.47. The highest BCUT2D eigenvalue weighted by atomic mass is 32.2. The predicted octanol–water partition coefficient (Wildman–Crippen LogP) is 6.37. The molecule has 0 N–H and O–H groups in total. The summed E-state index contributed by atoms with van der Waals surface area (Å²) in [6, 6.07) is 16.1. The van der Waals surface area contributed by atoms with Gasteiger partial charge in [-0.05, 0) is 69.3 Å². The third kappa shape index (κ3) is 5.98. The van der Waals surface area contributed by atoms with E-state index in [-0.39, 0.29) is 5.41 Å². The van der Waals surface area contributed by atoms with Crippen LogP contribution in [0, 0.1) is 5.41 Å². The van der Waals surface area contributed by atoms with Gasteiger partial charge >= 0.3 is 6.18 Å². The van der Waals surface area contributed by atoms with Crippen LogP contribution in [0.15, 0.2) is 59.8 Å². The molecule has 0 atom stereocenters. The molecule has 2 aliphatic rings. The number of alkyl halides is 3. The number of likely N-dealkylation sites (tertiary alicyclic amines) is 1. The van der Waals surface area contributed by atoms with Crippen molar-refractivity contribution in [2.24, 2.45) is 12.5 Å². The van der Waals surface area contributed by atoms with Crippen molar-refractivity contribution in [1.29, 1.82) is 0 Å². The first-order valence-electron chi connectivity index (χ1n) is 13.1. The van der Waals surface area contributed by atoms with Crippen LogP contribution < -0.4 is 4.90 Å². The molecule has 0 amide bonds. The highest BCUT2D eigenvalue weighted by Gasteiger charge is 2.40. The molecule has 9 heteroatoms. The SMILES string of the molecule is Cn1c(SCCCN2CCC3(CC2)CCN(c2ccccc2C(F)(F)F)CC3)nnc1-c1ccccc1. The van der Waals surface area contributed by atoms with Gasteiger partial charge in [-0.3, -0.25) is 0 Å². The van der Waals surface area contributed by atoms with Gasteiger partial charge < -0.3 is 14.4 Å². The fraction of sp³-hybridized carbons (Fsp3) is 0.500. The number of thioether (sulfide) groups is 1. The number of piperidine rings is 2. The van der Waals surface area contributed by atoms with Gasteiger partial charge in [-0.25, -0.2) is 0 Å². The minimum Gasteiger partial charge on any atom is -0.371 e. The van der Waals surface area contributed by atoms with E-state index in [0.29, 0.717) is 18.8 Å². The number of aromatic nitrogens is 3. The standard InChI is InChI=1S/C28H34F3N5S/c1-34-25(22-8-3-2-4-9-22)32-33-26(34)37-21-7-16-35-17-12-27(13-18-35)14-19-36(20-15-27)24-11-6-5-10-23(24)28(29,30)31/h2-6,8-11H,7,12-21H2,1H3. The van der Waals surface area contributed by atoms with Crippen LogP contribution in [0.3, 0.4) is 0 Å². The molecule has 0 saturated carbocycles. The van der Waals surface area contributed by atoms with Gasteiger partial charge in [0.2, 0.25) is 0 Å². The lowest BCUT2D eigenvalue weighted by Crippen LogP contribution is -2.47. The molecule has 2 aliphatic heterocycles. The molecule has 3 aromatic rings. The van der Waals surface area contributed by atoms with Crippen molar-refractivity contribution in [3.63, 3.8) is 0 Å². The molecule has 5 rings (SSSR count). The van der Waals surface area contributed by atoms with Crippen LogP contribution in [-0.4, -0.2) is 58.1 Å². The second-order valence-corrected chi connectivity index (χ2v) is 11.3. The maximum Gasteiger partial charge on any atom is 0.418 e. The van der Waals surface area contributed by atoms with Gasteiger partial charge in [-0.2, -0.15) is 13.2 Å². The Hall–Kier alpha value is -2.52. The molecule has 0 radical (unpaired) electrons. The first kappa shape index (κ1) is 26.1. The number of anilines is 1. The molecule has 2 fully saturated rings. The summed E-state index contributed by atoms with van der Waals surface area (Å²) in [6.45, 7) is 4.62. The second kappa shape index (κ2) is 11.1. The maximum atomic E-state index is 13.5. The number of para-hydroxylation sites is 1. The Kier molecular flexibility index (Phi) is 7.81. The fourth-order valence-electron chi connectivity index (χ4n) is 5.69. The molecule has 5 nitrogen and oxygen atoms in total. The van der Waals surface area contributed by atoms with E-state index < -0.39 is 11.7 Å². The summed E-state index contributed by atoms with van der Waals surface area (Å²) in [4.78, 5) is 4.48. The lowest BCUT2D eigenvalue weighted by atomic mass is 9.71. The highest BCUT2D eigenvalue weighted by Crippen LogP contribution is 2.44. The van der Waals surface area contributed by atoms with E-state index in [4.69, 9.17) is 0 Å². The Morgan fingerprint density at radius 2 is 1.51 bits per heavy atom. The van der Waals surface area contributed by atoms with Gasteiger partial charge in [0.25, 0.3) is 0 Å². The third-order valence-corrected chi connectivity index (χ3v) is 9.11. The lowest BCUT2D eigenvalue weighted by molar-refractivity contribution is -0.137. The molecular weight excluding hydrogens is 495 g/mol. The Morgan fingerprint density at radius 3 is 2.22 bits per heavy atom. The van der Waals surface area contributed by atoms with Crippen molar-refractivity contribution in [2.75, 3.05) is 43.4 Å². The summed E-state index contributed by atoms with van der Waals surface area (Å²) in [5, 5.41) is 9.68. The molecule has 3 heterocycles. The summed E-state index contributed by atoms with van der Waals surface area (Å²) in [6.07, 6.45) is 0.994. The number of nitrogens with zero attached hydrogens (tertiary/aromatic N) is 5. The molecular formula is C28H34F3N5S.